The van der Waals surface area contributed by atoms with E-state index in [9.17, 15) is 132 Å². The van der Waals surface area contributed by atoms with E-state index >= 15 is 0 Å². The maximum absolute atomic E-state index is 12.9. The van der Waals surface area contributed by atoms with Gasteiger partial charge in [0.05, 0.1) is 52.9 Å². The van der Waals surface area contributed by atoms with Gasteiger partial charge in [-0.05, 0) is 0 Å². The molecule has 44 nitrogen and oxygen atoms in total. The molecule has 44 heteroatoms. The number of carbonyl (C=O) groups excluding carboxylic acids is 3. The molecule has 8 heterocycles. The molecule has 0 aromatic carbocycles. The van der Waals surface area contributed by atoms with Gasteiger partial charge in [-0.15, -0.1) is 0 Å². The van der Waals surface area contributed by atoms with Crippen LogP contribution in [-0.2, 0) is 85.4 Å². The molecule has 0 aromatic rings. The second-order valence-electron chi connectivity index (χ2n) is 24.7. The van der Waals surface area contributed by atoms with E-state index in [4.69, 9.17) is 71.1 Å². The SMILES string of the molecule is CC(=O)N[C@@H]1[C@@H](O)[C@H](O[C@@H]2O[C@H](CO)[C@@H](O[C@@H]3O[C@H](CO[C@H]4O[C@H](CO[C@H]5O[C@H](CO)[C@@H](O)[C@H](O)[C@@H]5O)[C@@H](O)[C@H](O[C@H]5O[C@H](CO)[C@@H](O)[C@H](O)[C@@H]5O)[C@@H]4O)[C@@H](O)[C@H](O[C@H]4O[C@H](CO)[C@@H](O)[C@H](O)[C@@H]4O[C@H]4O[C@H](CO)[C@@H](O)[C@H](O)[C@H]4NC(C)=O)[C@@H]3O)[C@H](O)[C@H]2NC(C)=O)[C@@H](CO)O[C@H]1O. The van der Waals surface area contributed by atoms with Crippen LogP contribution in [0.2, 0.25) is 0 Å². The summed E-state index contributed by atoms with van der Waals surface area (Å²) in [5, 5.41) is 259. The molecular weight excluding hydrogens is 1350 g/mol. The van der Waals surface area contributed by atoms with E-state index in [1.54, 1.807) is 0 Å². The van der Waals surface area contributed by atoms with Crippen molar-refractivity contribution in [3.8, 4) is 0 Å². The van der Waals surface area contributed by atoms with Crippen molar-refractivity contribution in [3.05, 3.63) is 0 Å². The van der Waals surface area contributed by atoms with E-state index in [1.165, 1.54) is 0 Å². The lowest BCUT2D eigenvalue weighted by atomic mass is 9.94. The highest BCUT2D eigenvalue weighted by atomic mass is 16.8. The molecule has 0 aromatic heterocycles. The first-order chi connectivity index (χ1) is 46.3. The number of hydrogen-bond donors (Lipinski definition) is 26. The fraction of sp³-hybridized carbons (Fsp3) is 0.944. The highest BCUT2D eigenvalue weighted by Crippen LogP contribution is 2.38. The zero-order valence-electron chi connectivity index (χ0n) is 52.4. The van der Waals surface area contributed by atoms with Crippen LogP contribution in [0.25, 0.3) is 0 Å². The molecule has 568 valence electrons. The van der Waals surface area contributed by atoms with Crippen molar-refractivity contribution in [1.82, 2.24) is 16.0 Å². The summed E-state index contributed by atoms with van der Waals surface area (Å²) in [5.41, 5.74) is 0. The summed E-state index contributed by atoms with van der Waals surface area (Å²) in [4.78, 5) is 37.4. The summed E-state index contributed by atoms with van der Waals surface area (Å²) < 4.78 is 87.4. The maximum atomic E-state index is 12.9. The summed E-state index contributed by atoms with van der Waals surface area (Å²) >= 11 is 0. The van der Waals surface area contributed by atoms with Crippen LogP contribution in [0, 0.1) is 0 Å². The fourth-order valence-electron chi connectivity index (χ4n) is 12.5. The summed E-state index contributed by atoms with van der Waals surface area (Å²) in [5.74, 6) is -2.54. The van der Waals surface area contributed by atoms with E-state index in [1.807, 2.05) is 0 Å². The van der Waals surface area contributed by atoms with Gasteiger partial charge in [0.25, 0.3) is 0 Å². The van der Waals surface area contributed by atoms with Crippen LogP contribution < -0.4 is 16.0 Å². The number of aliphatic hydroxyl groups excluding tert-OH is 23. The molecular formula is C54H91N3O41. The second-order valence-corrected chi connectivity index (χ2v) is 24.7. The molecule has 8 aliphatic rings. The Morgan fingerprint density at radius 3 is 1.04 bits per heavy atom. The van der Waals surface area contributed by atoms with E-state index in [0.29, 0.717) is 0 Å². The lowest BCUT2D eigenvalue weighted by molar-refractivity contribution is -0.396. The largest absolute Gasteiger partial charge is 0.394 e. The summed E-state index contributed by atoms with van der Waals surface area (Å²) in [7, 11) is 0. The highest BCUT2D eigenvalue weighted by molar-refractivity contribution is 5.74. The molecule has 0 bridgehead atoms. The van der Waals surface area contributed by atoms with Gasteiger partial charge in [0.2, 0.25) is 17.7 Å². The Kier molecular flexibility index (Phi) is 28.9. The Labute approximate surface area is 554 Å². The Hall–Kier alpha value is -3.11. The van der Waals surface area contributed by atoms with E-state index in [0.717, 1.165) is 20.8 Å². The van der Waals surface area contributed by atoms with E-state index < -0.39 is 316 Å². The van der Waals surface area contributed by atoms with Crippen LogP contribution in [0.15, 0.2) is 0 Å². The van der Waals surface area contributed by atoms with Crippen molar-refractivity contribution in [2.24, 2.45) is 0 Å². The van der Waals surface area contributed by atoms with Crippen molar-refractivity contribution >= 4 is 17.7 Å². The first-order valence-corrected chi connectivity index (χ1v) is 31.1. The van der Waals surface area contributed by atoms with Gasteiger partial charge in [0.1, 0.15) is 195 Å². The van der Waals surface area contributed by atoms with Gasteiger partial charge in [-0.3, -0.25) is 14.4 Å². The summed E-state index contributed by atoms with van der Waals surface area (Å²) in [6.45, 7) is -5.32. The quantitative estimate of drug-likeness (QED) is 0.0404. The van der Waals surface area contributed by atoms with Crippen molar-refractivity contribution in [2.75, 3.05) is 52.9 Å². The third-order valence-corrected chi connectivity index (χ3v) is 17.8. The van der Waals surface area contributed by atoms with E-state index in [-0.39, 0.29) is 0 Å². The molecule has 8 fully saturated rings. The van der Waals surface area contributed by atoms with Crippen molar-refractivity contribution in [1.29, 1.82) is 0 Å². The van der Waals surface area contributed by atoms with Gasteiger partial charge in [0, 0.05) is 20.8 Å². The summed E-state index contributed by atoms with van der Waals surface area (Å²) in [6.07, 6.45) is -75.7. The fourth-order valence-corrected chi connectivity index (χ4v) is 12.5. The topological polar surface area (TPSA) is 691 Å². The predicted molar refractivity (Wildman–Crippen MR) is 299 cm³/mol. The number of carbonyl (C=O) groups is 3. The molecule has 0 saturated carbocycles. The molecule has 3 amide bonds. The van der Waals surface area contributed by atoms with Crippen LogP contribution in [0.1, 0.15) is 20.8 Å². The molecule has 98 heavy (non-hydrogen) atoms. The minimum Gasteiger partial charge on any atom is -0.394 e. The van der Waals surface area contributed by atoms with Gasteiger partial charge in [-0.25, -0.2) is 0 Å². The average Bonchev–Trinajstić information content (AvgIpc) is 0.773. The Morgan fingerprint density at radius 1 is 0.265 bits per heavy atom. The first kappa shape index (κ1) is 80.6. The monoisotopic (exact) mass is 1440 g/mol. The van der Waals surface area contributed by atoms with Gasteiger partial charge < -0.3 is 204 Å². The number of amides is 3. The molecule has 8 saturated heterocycles. The minimum atomic E-state index is -2.50. The third kappa shape index (κ3) is 17.6. The lowest BCUT2D eigenvalue weighted by Crippen LogP contribution is -2.70. The number of aliphatic hydroxyl groups is 23. The van der Waals surface area contributed by atoms with Crippen molar-refractivity contribution in [2.45, 2.75) is 266 Å². The zero-order chi connectivity index (χ0) is 72.2. The number of rotatable bonds is 25. The van der Waals surface area contributed by atoms with Crippen LogP contribution >= 0.6 is 0 Å². The molecule has 0 spiro atoms. The minimum absolute atomic E-state index is 0.769. The Bertz CT molecular complexity index is 2510. The van der Waals surface area contributed by atoms with Gasteiger partial charge in [0.15, 0.2) is 50.3 Å². The Morgan fingerprint density at radius 2 is 0.561 bits per heavy atom. The third-order valence-electron chi connectivity index (χ3n) is 17.8. The van der Waals surface area contributed by atoms with Gasteiger partial charge in [-0.1, -0.05) is 0 Å². The smallest absolute Gasteiger partial charge is 0.217 e. The van der Waals surface area contributed by atoms with Crippen LogP contribution in [0.4, 0.5) is 0 Å². The molecule has 40 atom stereocenters. The predicted octanol–water partition coefficient (Wildman–Crippen LogP) is -18.0. The van der Waals surface area contributed by atoms with E-state index in [2.05, 4.69) is 16.0 Å². The van der Waals surface area contributed by atoms with Gasteiger partial charge in [-0.2, -0.15) is 0 Å². The average molecular weight is 1440 g/mol. The maximum Gasteiger partial charge on any atom is 0.217 e. The highest BCUT2D eigenvalue weighted by Gasteiger charge is 2.59. The number of ether oxygens (including phenoxy) is 15. The van der Waals surface area contributed by atoms with Gasteiger partial charge >= 0.3 is 0 Å². The first-order valence-electron chi connectivity index (χ1n) is 31.1. The normalized spacial score (nSPS) is 49.5. The molecule has 8 aliphatic heterocycles. The molecule has 8 rings (SSSR count). The van der Waals surface area contributed by atoms with Crippen LogP contribution in [0.3, 0.4) is 0 Å². The molecule has 0 aliphatic carbocycles. The van der Waals surface area contributed by atoms with Crippen LogP contribution in [-0.4, -0.2) is 433 Å². The van der Waals surface area contributed by atoms with Crippen molar-refractivity contribution in [3.63, 3.8) is 0 Å². The van der Waals surface area contributed by atoms with Crippen LogP contribution in [0.5, 0.6) is 0 Å². The standard InChI is InChI=1S/C54H91N3O41/c1-12(64)55-23-33(74)42(19(8-62)86-47(23)83)94-49-25(57-14(3)66)34(75)43(20(9-63)91-49)95-53-41(82)45(97-54-46(37(78)29(70)18(7-61)90-54)98-48-24(56-13(2)65)32(73)26(67)15(4-58)87-48)31(72)22(93-53)11-85-51-40(81)44(96-52-39(80)36(77)28(69)17(6-60)89-52)30(71)21(92-51)10-84-50-38(79)35(76)27(68)16(5-59)88-50/h15-54,58-63,67-83H,4-11H2,1-3H3,(H,55,64)(H,56,65)(H,57,66)/t15-,16-,17-,18-,19-,20-,21-,22-,23-,24-,25-,26-,27-,28-,29-,30-,31-,32-,33-,34-,35+,36+,37+,38+,39+,40+,41+,42-,43-,44+,45+,46+,47-,48-,49+,50+,51+,52-,53+,54-/m1/s1. The lowest BCUT2D eigenvalue weighted by Gasteiger charge is -2.51. The number of hydrogen-bond acceptors (Lipinski definition) is 41. The zero-order valence-corrected chi connectivity index (χ0v) is 52.4. The molecule has 26 N–H and O–H groups in total. The Balaban J connectivity index is 1.14. The van der Waals surface area contributed by atoms with Crippen molar-refractivity contribution < 1.29 is 203 Å². The number of nitrogens with one attached hydrogen (secondary N) is 3. The summed E-state index contributed by atoms with van der Waals surface area (Å²) in [6, 6.07) is -5.26. The molecule has 0 unspecified atom stereocenters. The second kappa shape index (κ2) is 35.1. The molecule has 0 radical (unpaired) electrons.